The highest BCUT2D eigenvalue weighted by molar-refractivity contribution is 8.14. The Labute approximate surface area is 109 Å². The lowest BCUT2D eigenvalue weighted by atomic mass is 10.2. The number of para-hydroxylation sites is 1. The summed E-state index contributed by atoms with van der Waals surface area (Å²) in [5, 5.41) is 0.539. The molecule has 0 aliphatic heterocycles. The van der Waals surface area contributed by atoms with E-state index in [-0.39, 0.29) is 11.3 Å². The molecule has 0 saturated carbocycles. The third-order valence-corrected chi connectivity index (χ3v) is 3.96. The van der Waals surface area contributed by atoms with Crippen LogP contribution in [0.25, 0.3) is 10.9 Å². The van der Waals surface area contributed by atoms with Gasteiger partial charge in [0.1, 0.15) is 4.90 Å². The van der Waals surface area contributed by atoms with Crippen LogP contribution in [-0.4, -0.2) is 18.9 Å². The second-order valence-electron chi connectivity index (χ2n) is 3.86. The Morgan fingerprint density at radius 1 is 1.33 bits per heavy atom. The zero-order valence-corrected chi connectivity index (χ0v) is 10.9. The molecule has 0 radical (unpaired) electrons. The minimum atomic E-state index is -3.81. The van der Waals surface area contributed by atoms with Crippen molar-refractivity contribution in [2.24, 2.45) is 5.73 Å². The first kappa shape index (κ1) is 12.9. The van der Waals surface area contributed by atoms with Gasteiger partial charge in [0.05, 0.1) is 0 Å². The summed E-state index contributed by atoms with van der Waals surface area (Å²) >= 11 is 0. The molecule has 0 aliphatic carbocycles. The summed E-state index contributed by atoms with van der Waals surface area (Å²) < 4.78 is 24.6. The monoisotopic (exact) mass is 286 g/mol. The Bertz CT molecular complexity index is 706. The van der Waals surface area contributed by atoms with Crippen LogP contribution in [0.5, 0.6) is 0 Å². The number of benzene rings is 1. The van der Waals surface area contributed by atoms with Gasteiger partial charge in [-0.15, -0.1) is 0 Å². The number of nitrogens with zero attached hydrogens (tertiary/aromatic N) is 1. The number of rotatable bonds is 4. The van der Waals surface area contributed by atoms with Gasteiger partial charge in [-0.25, -0.2) is 8.42 Å². The molecule has 1 heterocycles. The minimum absolute atomic E-state index is 0.0456. The first-order valence-corrected chi connectivity index (χ1v) is 7.51. The van der Waals surface area contributed by atoms with Crippen LogP contribution in [0.15, 0.2) is 35.4 Å². The Kier molecular flexibility index (Phi) is 3.32. The maximum Gasteiger partial charge on any atom is 0.263 e. The molecule has 2 aromatic rings. The SMILES string of the molecule is NC(=O)CCn1cc(S(=O)(=O)Cl)c2ccccc21. The molecule has 1 aromatic heterocycles. The predicted molar refractivity (Wildman–Crippen MR) is 68.8 cm³/mol. The maximum atomic E-state index is 11.5. The van der Waals surface area contributed by atoms with Gasteiger partial charge < -0.3 is 10.3 Å². The van der Waals surface area contributed by atoms with Crippen LogP contribution in [0, 0.1) is 0 Å². The van der Waals surface area contributed by atoms with Crippen molar-refractivity contribution in [3.63, 3.8) is 0 Å². The van der Waals surface area contributed by atoms with Crippen molar-refractivity contribution in [1.82, 2.24) is 4.57 Å². The molecular weight excluding hydrogens is 276 g/mol. The van der Waals surface area contributed by atoms with E-state index in [4.69, 9.17) is 16.4 Å². The zero-order chi connectivity index (χ0) is 13.3. The molecule has 0 saturated heterocycles. The van der Waals surface area contributed by atoms with Crippen molar-refractivity contribution in [3.05, 3.63) is 30.5 Å². The molecule has 18 heavy (non-hydrogen) atoms. The summed E-state index contributed by atoms with van der Waals surface area (Å²) in [4.78, 5) is 10.8. The number of aryl methyl sites for hydroxylation is 1. The van der Waals surface area contributed by atoms with E-state index in [1.54, 1.807) is 28.8 Å². The first-order chi connectivity index (χ1) is 8.39. The van der Waals surface area contributed by atoms with Gasteiger partial charge in [-0.1, -0.05) is 18.2 Å². The van der Waals surface area contributed by atoms with Crippen molar-refractivity contribution in [1.29, 1.82) is 0 Å². The van der Waals surface area contributed by atoms with Gasteiger partial charge in [0.25, 0.3) is 9.05 Å². The zero-order valence-electron chi connectivity index (χ0n) is 9.34. The number of aromatic nitrogens is 1. The van der Waals surface area contributed by atoms with E-state index in [1.807, 2.05) is 0 Å². The molecule has 2 rings (SSSR count). The standard InChI is InChI=1S/C11H11ClN2O3S/c12-18(16,17)10-7-14(6-5-11(13)15)9-4-2-1-3-8(9)10/h1-4,7H,5-6H2,(H2,13,15). The fourth-order valence-corrected chi connectivity index (χ4v) is 2.88. The van der Waals surface area contributed by atoms with Crippen molar-refractivity contribution in [3.8, 4) is 0 Å². The molecule has 1 amide bonds. The number of carbonyl (C=O) groups is 1. The molecule has 96 valence electrons. The summed E-state index contributed by atoms with van der Waals surface area (Å²) in [6.07, 6.45) is 1.57. The summed E-state index contributed by atoms with van der Waals surface area (Å²) in [6.45, 7) is 0.322. The third-order valence-electron chi connectivity index (χ3n) is 2.61. The molecule has 7 heteroatoms. The van der Waals surface area contributed by atoms with Crippen LogP contribution in [0.1, 0.15) is 6.42 Å². The largest absolute Gasteiger partial charge is 0.370 e. The fourth-order valence-electron chi connectivity index (χ4n) is 1.82. The van der Waals surface area contributed by atoms with Crippen LogP contribution in [0.4, 0.5) is 0 Å². The van der Waals surface area contributed by atoms with Crippen molar-refractivity contribution in [2.45, 2.75) is 17.9 Å². The summed E-state index contributed by atoms with van der Waals surface area (Å²) in [5.41, 5.74) is 5.79. The van der Waals surface area contributed by atoms with Gasteiger partial charge in [0.2, 0.25) is 5.91 Å². The van der Waals surface area contributed by atoms with E-state index in [0.29, 0.717) is 17.4 Å². The topological polar surface area (TPSA) is 82.2 Å². The summed E-state index contributed by atoms with van der Waals surface area (Å²) in [7, 11) is 1.57. The number of hydrogen-bond donors (Lipinski definition) is 1. The molecule has 0 bridgehead atoms. The number of primary amides is 1. The van der Waals surface area contributed by atoms with E-state index < -0.39 is 15.0 Å². The van der Waals surface area contributed by atoms with E-state index in [2.05, 4.69) is 0 Å². The molecule has 0 fully saturated rings. The van der Waals surface area contributed by atoms with Gasteiger partial charge in [-0.3, -0.25) is 4.79 Å². The lowest BCUT2D eigenvalue weighted by Crippen LogP contribution is -2.13. The highest BCUT2D eigenvalue weighted by Gasteiger charge is 2.18. The number of nitrogens with two attached hydrogens (primary N) is 1. The van der Waals surface area contributed by atoms with Crippen molar-refractivity contribution in [2.75, 3.05) is 0 Å². The molecule has 1 aromatic carbocycles. The van der Waals surface area contributed by atoms with E-state index in [9.17, 15) is 13.2 Å². The maximum absolute atomic E-state index is 11.5. The van der Waals surface area contributed by atoms with E-state index in [0.717, 1.165) is 0 Å². The second kappa shape index (κ2) is 4.62. The van der Waals surface area contributed by atoms with Crippen molar-refractivity contribution < 1.29 is 13.2 Å². The van der Waals surface area contributed by atoms with E-state index in [1.165, 1.54) is 6.20 Å². The normalized spacial score (nSPS) is 11.8. The Morgan fingerprint density at radius 3 is 2.61 bits per heavy atom. The average molecular weight is 287 g/mol. The molecule has 5 nitrogen and oxygen atoms in total. The molecule has 0 unspecified atom stereocenters. The quantitative estimate of drug-likeness (QED) is 0.864. The molecular formula is C11H11ClN2O3S. The number of hydrogen-bond acceptors (Lipinski definition) is 3. The lowest BCUT2D eigenvalue weighted by molar-refractivity contribution is -0.118. The van der Waals surface area contributed by atoms with Crippen LogP contribution in [0.3, 0.4) is 0 Å². The number of fused-ring (bicyclic) bond motifs is 1. The van der Waals surface area contributed by atoms with Crippen LogP contribution < -0.4 is 5.73 Å². The second-order valence-corrected chi connectivity index (χ2v) is 6.39. The first-order valence-electron chi connectivity index (χ1n) is 5.20. The van der Waals surface area contributed by atoms with Gasteiger partial charge >= 0.3 is 0 Å². The number of carbonyl (C=O) groups excluding carboxylic acids is 1. The summed E-state index contributed by atoms with van der Waals surface area (Å²) in [6, 6.07) is 6.95. The average Bonchev–Trinajstić information content (AvgIpc) is 2.65. The third kappa shape index (κ3) is 2.49. The van der Waals surface area contributed by atoms with Gasteiger partial charge in [-0.05, 0) is 6.07 Å². The molecule has 0 aliphatic rings. The van der Waals surface area contributed by atoms with Gasteiger partial charge in [0.15, 0.2) is 0 Å². The Balaban J connectivity index is 2.58. The summed E-state index contributed by atoms with van der Waals surface area (Å²) in [5.74, 6) is -0.442. The predicted octanol–water partition coefficient (Wildman–Crippen LogP) is 1.44. The number of amides is 1. The van der Waals surface area contributed by atoms with Crippen molar-refractivity contribution >= 4 is 36.5 Å². The van der Waals surface area contributed by atoms with Gasteiger partial charge in [-0.2, -0.15) is 0 Å². The Hall–Kier alpha value is -1.53. The van der Waals surface area contributed by atoms with E-state index >= 15 is 0 Å². The van der Waals surface area contributed by atoms with Gasteiger partial charge in [0, 0.05) is 40.7 Å². The van der Waals surface area contributed by atoms with Crippen LogP contribution in [-0.2, 0) is 20.4 Å². The highest BCUT2D eigenvalue weighted by Crippen LogP contribution is 2.27. The minimum Gasteiger partial charge on any atom is -0.370 e. The number of halogens is 1. The Morgan fingerprint density at radius 2 is 2.00 bits per heavy atom. The van der Waals surface area contributed by atoms with Crippen LogP contribution in [0.2, 0.25) is 0 Å². The smallest absolute Gasteiger partial charge is 0.263 e. The fraction of sp³-hybridized carbons (Fsp3) is 0.182. The van der Waals surface area contributed by atoms with Crippen LogP contribution >= 0.6 is 10.7 Å². The molecule has 0 spiro atoms. The highest BCUT2D eigenvalue weighted by atomic mass is 35.7. The molecule has 2 N–H and O–H groups in total. The molecule has 0 atom stereocenters. The lowest BCUT2D eigenvalue weighted by Gasteiger charge is -2.02.